The van der Waals surface area contributed by atoms with Gasteiger partial charge in [0.1, 0.15) is 0 Å². The number of benzene rings is 2. The predicted octanol–water partition coefficient (Wildman–Crippen LogP) is 2.68. The molecule has 2 atom stereocenters. The molecule has 1 saturated heterocycles. The van der Waals surface area contributed by atoms with Crippen LogP contribution in [0.3, 0.4) is 0 Å². The van der Waals surface area contributed by atoms with Crippen LogP contribution in [-0.4, -0.2) is 36.3 Å². The number of carbonyl (C=O) groups excluding carboxylic acids is 2. The van der Waals surface area contributed by atoms with Crippen LogP contribution in [0.2, 0.25) is 0 Å². The van der Waals surface area contributed by atoms with E-state index in [1.165, 1.54) is 16.3 Å². The minimum absolute atomic E-state index is 0.00202. The normalized spacial score (nSPS) is 22.6. The Morgan fingerprint density at radius 1 is 1.04 bits per heavy atom. The topological polar surface area (TPSA) is 49.4 Å². The zero-order valence-corrected chi connectivity index (χ0v) is 13.7. The molecule has 4 heteroatoms. The minimum Gasteiger partial charge on any atom is -0.347 e. The lowest BCUT2D eigenvalue weighted by Crippen LogP contribution is -2.39. The van der Waals surface area contributed by atoms with Crippen LogP contribution in [0.1, 0.15) is 30.7 Å². The Morgan fingerprint density at radius 3 is 2.62 bits per heavy atom. The number of nitrogens with zero attached hydrogens (tertiary/aromatic N) is 1. The Balaban J connectivity index is 1.38. The summed E-state index contributed by atoms with van der Waals surface area (Å²) in [5, 5.41) is 5.28. The summed E-state index contributed by atoms with van der Waals surface area (Å²) in [7, 11) is 0. The molecule has 0 aromatic heterocycles. The molecule has 0 bridgehead atoms. The van der Waals surface area contributed by atoms with Gasteiger partial charge in [0.2, 0.25) is 11.8 Å². The molecule has 0 radical (unpaired) electrons. The number of carbonyl (C=O) groups is 2. The largest absolute Gasteiger partial charge is 0.347 e. The second-order valence-electron chi connectivity index (χ2n) is 6.82. The summed E-state index contributed by atoms with van der Waals surface area (Å²) in [6.45, 7) is 1.80. The molecule has 4 rings (SSSR count). The van der Waals surface area contributed by atoms with Crippen LogP contribution >= 0.6 is 0 Å². The van der Waals surface area contributed by atoms with Crippen molar-refractivity contribution in [2.45, 2.75) is 25.2 Å². The number of fused-ring (bicyclic) bond motifs is 1. The van der Waals surface area contributed by atoms with E-state index in [1.807, 2.05) is 17.0 Å². The molecule has 1 aliphatic carbocycles. The average molecular weight is 322 g/mol. The van der Waals surface area contributed by atoms with Gasteiger partial charge >= 0.3 is 0 Å². The van der Waals surface area contributed by atoms with Gasteiger partial charge in [-0.15, -0.1) is 0 Å². The lowest BCUT2D eigenvalue weighted by molar-refractivity contribution is -0.132. The number of hydrogen-bond donors (Lipinski definition) is 1. The second-order valence-corrected chi connectivity index (χ2v) is 6.82. The van der Waals surface area contributed by atoms with Gasteiger partial charge in [-0.1, -0.05) is 42.5 Å². The second kappa shape index (κ2) is 6.27. The highest BCUT2D eigenvalue weighted by Gasteiger charge is 2.44. The number of amides is 2. The molecule has 1 aliphatic heterocycles. The van der Waals surface area contributed by atoms with Crippen molar-refractivity contribution in [2.75, 3.05) is 19.6 Å². The first-order chi connectivity index (χ1) is 11.7. The summed E-state index contributed by atoms with van der Waals surface area (Å²) >= 11 is 0. The van der Waals surface area contributed by atoms with Crippen LogP contribution in [-0.2, 0) is 9.59 Å². The van der Waals surface area contributed by atoms with E-state index < -0.39 is 0 Å². The number of likely N-dealkylation sites (tertiary alicyclic amines) is 1. The third-order valence-electron chi connectivity index (χ3n) is 5.22. The van der Waals surface area contributed by atoms with Crippen molar-refractivity contribution >= 4 is 22.6 Å². The van der Waals surface area contributed by atoms with Crippen molar-refractivity contribution in [3.05, 3.63) is 48.0 Å². The molecule has 124 valence electrons. The maximum atomic E-state index is 12.4. The van der Waals surface area contributed by atoms with Crippen LogP contribution in [0.4, 0.5) is 0 Å². The molecule has 1 saturated carbocycles. The Labute approximate surface area is 141 Å². The first-order valence-electron chi connectivity index (χ1n) is 8.77. The van der Waals surface area contributed by atoms with Crippen molar-refractivity contribution in [1.29, 1.82) is 0 Å². The van der Waals surface area contributed by atoms with Gasteiger partial charge in [0.05, 0.1) is 6.54 Å². The molecule has 24 heavy (non-hydrogen) atoms. The summed E-state index contributed by atoms with van der Waals surface area (Å²) < 4.78 is 0. The van der Waals surface area contributed by atoms with E-state index in [2.05, 4.69) is 35.6 Å². The molecular weight excluding hydrogens is 300 g/mol. The van der Waals surface area contributed by atoms with Crippen molar-refractivity contribution in [3.8, 4) is 0 Å². The van der Waals surface area contributed by atoms with Crippen LogP contribution in [0, 0.1) is 5.92 Å². The van der Waals surface area contributed by atoms with E-state index in [4.69, 9.17) is 0 Å². The fourth-order valence-corrected chi connectivity index (χ4v) is 3.77. The number of rotatable bonds is 4. The Morgan fingerprint density at radius 2 is 1.79 bits per heavy atom. The standard InChI is InChI=1S/C20H22N2O2/c23-19(22-10-3-4-11-22)13-21-20(24)18-12-17(18)16-9-5-7-14-6-1-2-8-15(14)16/h1-2,5-9,17-18H,3-4,10-13H2,(H,21,24)/t17-,18+/m1/s1. The van der Waals surface area contributed by atoms with Gasteiger partial charge in [-0.3, -0.25) is 9.59 Å². The summed E-state index contributed by atoms with van der Waals surface area (Å²) in [5.41, 5.74) is 1.25. The number of nitrogens with one attached hydrogen (secondary N) is 1. The van der Waals surface area contributed by atoms with Crippen LogP contribution in [0.5, 0.6) is 0 Å². The van der Waals surface area contributed by atoms with Crippen LogP contribution in [0.15, 0.2) is 42.5 Å². The van der Waals surface area contributed by atoms with E-state index in [0.29, 0.717) is 0 Å². The third kappa shape index (κ3) is 2.88. The fourth-order valence-electron chi connectivity index (χ4n) is 3.77. The summed E-state index contributed by atoms with van der Waals surface area (Å²) in [6, 6.07) is 14.6. The van der Waals surface area contributed by atoms with E-state index in [1.54, 1.807) is 0 Å². The fraction of sp³-hybridized carbons (Fsp3) is 0.400. The molecule has 2 amide bonds. The van der Waals surface area contributed by atoms with Gasteiger partial charge in [-0.25, -0.2) is 0 Å². The summed E-state index contributed by atoms with van der Waals surface area (Å²) in [4.78, 5) is 26.2. The highest BCUT2D eigenvalue weighted by atomic mass is 16.2. The first kappa shape index (κ1) is 15.2. The SMILES string of the molecule is O=C(NCC(=O)N1CCCC1)[C@H]1C[C@@H]1c1cccc2ccccc12. The van der Waals surface area contributed by atoms with Gasteiger partial charge in [0, 0.05) is 19.0 Å². The molecule has 4 nitrogen and oxygen atoms in total. The summed E-state index contributed by atoms with van der Waals surface area (Å²) in [5.74, 6) is 0.337. The minimum atomic E-state index is 0.00202. The molecule has 1 heterocycles. The first-order valence-corrected chi connectivity index (χ1v) is 8.77. The van der Waals surface area contributed by atoms with Gasteiger partial charge < -0.3 is 10.2 Å². The quantitative estimate of drug-likeness (QED) is 0.941. The summed E-state index contributed by atoms with van der Waals surface area (Å²) in [6.07, 6.45) is 3.02. The predicted molar refractivity (Wildman–Crippen MR) is 93.6 cm³/mol. The smallest absolute Gasteiger partial charge is 0.241 e. The van der Waals surface area contributed by atoms with Crippen molar-refractivity contribution < 1.29 is 9.59 Å². The Bertz CT molecular complexity index is 775. The van der Waals surface area contributed by atoms with Crippen molar-refractivity contribution in [3.63, 3.8) is 0 Å². The van der Waals surface area contributed by atoms with Gasteiger partial charge in [0.15, 0.2) is 0 Å². The molecule has 1 N–H and O–H groups in total. The third-order valence-corrected chi connectivity index (χ3v) is 5.22. The lowest BCUT2D eigenvalue weighted by Gasteiger charge is -2.15. The molecule has 2 aliphatic rings. The Hall–Kier alpha value is -2.36. The van der Waals surface area contributed by atoms with Gasteiger partial charge in [-0.05, 0) is 41.5 Å². The lowest BCUT2D eigenvalue weighted by atomic mass is 10.00. The van der Waals surface area contributed by atoms with E-state index in [-0.39, 0.29) is 30.2 Å². The number of hydrogen-bond acceptors (Lipinski definition) is 2. The zero-order valence-electron chi connectivity index (χ0n) is 13.7. The molecule has 2 aromatic rings. The van der Waals surface area contributed by atoms with Crippen molar-refractivity contribution in [1.82, 2.24) is 10.2 Å². The molecule has 2 aromatic carbocycles. The zero-order chi connectivity index (χ0) is 16.5. The monoisotopic (exact) mass is 322 g/mol. The van der Waals surface area contributed by atoms with E-state index in [0.717, 1.165) is 32.4 Å². The van der Waals surface area contributed by atoms with E-state index in [9.17, 15) is 9.59 Å². The maximum Gasteiger partial charge on any atom is 0.241 e. The maximum absolute atomic E-state index is 12.4. The Kier molecular flexibility index (Phi) is 3.97. The van der Waals surface area contributed by atoms with Crippen LogP contribution in [0.25, 0.3) is 10.8 Å². The molecule has 0 unspecified atom stereocenters. The van der Waals surface area contributed by atoms with Gasteiger partial charge in [-0.2, -0.15) is 0 Å². The highest BCUT2D eigenvalue weighted by Crippen LogP contribution is 2.49. The molecule has 2 fully saturated rings. The molecular formula is C20H22N2O2. The van der Waals surface area contributed by atoms with Crippen LogP contribution < -0.4 is 5.32 Å². The van der Waals surface area contributed by atoms with E-state index >= 15 is 0 Å². The highest BCUT2D eigenvalue weighted by molar-refractivity contribution is 5.91. The van der Waals surface area contributed by atoms with Crippen molar-refractivity contribution in [2.24, 2.45) is 5.92 Å². The average Bonchev–Trinajstić information content (AvgIpc) is 3.22. The molecule has 0 spiro atoms. The van der Waals surface area contributed by atoms with Gasteiger partial charge in [0.25, 0.3) is 0 Å².